The Hall–Kier alpha value is -0.660. The lowest BCUT2D eigenvalue weighted by molar-refractivity contribution is -0.122. The van der Waals surface area contributed by atoms with E-state index in [9.17, 15) is 13.2 Å². The Morgan fingerprint density at radius 2 is 2.06 bits per heavy atom. The fraction of sp³-hybridized carbons (Fsp3) is 0.900. The normalized spacial score (nSPS) is 17.8. The minimum absolute atomic E-state index is 0.0232. The summed E-state index contributed by atoms with van der Waals surface area (Å²) in [6.45, 7) is 2.44. The summed E-state index contributed by atoms with van der Waals surface area (Å²) >= 11 is 0. The molecular weight excluding hydrogens is 242 g/mol. The number of carbonyl (C=O) groups excluding carboxylic acids is 1. The van der Waals surface area contributed by atoms with Crippen LogP contribution in [0.15, 0.2) is 0 Å². The highest BCUT2D eigenvalue weighted by Gasteiger charge is 2.29. The van der Waals surface area contributed by atoms with Gasteiger partial charge < -0.3 is 11.1 Å². The van der Waals surface area contributed by atoms with Crippen LogP contribution in [0.1, 0.15) is 26.2 Å². The van der Waals surface area contributed by atoms with Gasteiger partial charge in [-0.05, 0) is 19.3 Å². The summed E-state index contributed by atoms with van der Waals surface area (Å²) in [6.07, 6.45) is 2.38. The molecule has 0 aromatic carbocycles. The van der Waals surface area contributed by atoms with Gasteiger partial charge in [0.2, 0.25) is 15.9 Å². The molecule has 0 saturated heterocycles. The van der Waals surface area contributed by atoms with E-state index in [0.29, 0.717) is 13.0 Å². The SMILES string of the molecule is CCC(CN)S(=O)(=O)NCCNC(=O)C1CC1. The van der Waals surface area contributed by atoms with E-state index in [4.69, 9.17) is 5.73 Å². The molecule has 100 valence electrons. The monoisotopic (exact) mass is 263 g/mol. The Morgan fingerprint density at radius 3 is 2.53 bits per heavy atom. The van der Waals surface area contributed by atoms with Crippen molar-refractivity contribution in [2.45, 2.75) is 31.4 Å². The number of nitrogens with one attached hydrogen (secondary N) is 2. The number of hydrogen-bond acceptors (Lipinski definition) is 4. The van der Waals surface area contributed by atoms with E-state index in [2.05, 4.69) is 10.0 Å². The van der Waals surface area contributed by atoms with Crippen LogP contribution in [0.25, 0.3) is 0 Å². The van der Waals surface area contributed by atoms with E-state index < -0.39 is 15.3 Å². The minimum atomic E-state index is -3.35. The highest BCUT2D eigenvalue weighted by molar-refractivity contribution is 7.90. The minimum Gasteiger partial charge on any atom is -0.355 e. The summed E-state index contributed by atoms with van der Waals surface area (Å²) < 4.78 is 25.8. The zero-order chi connectivity index (χ0) is 12.9. The molecule has 0 radical (unpaired) electrons. The third-order valence-electron chi connectivity index (χ3n) is 2.83. The molecule has 0 aromatic rings. The first-order valence-electron chi connectivity index (χ1n) is 5.97. The van der Waals surface area contributed by atoms with Crippen LogP contribution >= 0.6 is 0 Å². The van der Waals surface area contributed by atoms with E-state index in [1.54, 1.807) is 6.92 Å². The molecule has 1 unspecified atom stereocenters. The van der Waals surface area contributed by atoms with Crippen molar-refractivity contribution < 1.29 is 13.2 Å². The summed E-state index contributed by atoms with van der Waals surface area (Å²) in [5.74, 6) is 0.175. The molecule has 1 rings (SSSR count). The average Bonchev–Trinajstić information content (AvgIpc) is 3.09. The molecule has 0 aliphatic heterocycles. The maximum atomic E-state index is 11.7. The molecule has 4 N–H and O–H groups in total. The van der Waals surface area contributed by atoms with E-state index in [1.807, 2.05) is 0 Å². The first kappa shape index (κ1) is 14.4. The van der Waals surface area contributed by atoms with Crippen LogP contribution in [0.3, 0.4) is 0 Å². The van der Waals surface area contributed by atoms with Crippen molar-refractivity contribution in [1.29, 1.82) is 0 Å². The molecule has 0 aromatic heterocycles. The molecule has 1 fully saturated rings. The third kappa shape index (κ3) is 4.61. The van der Waals surface area contributed by atoms with Gasteiger partial charge in [-0.2, -0.15) is 0 Å². The standard InChI is InChI=1S/C10H21N3O3S/c1-2-9(7-11)17(15,16)13-6-5-12-10(14)8-3-4-8/h8-9,13H,2-7,11H2,1H3,(H,12,14). The van der Waals surface area contributed by atoms with Gasteiger partial charge in [0, 0.05) is 25.6 Å². The zero-order valence-corrected chi connectivity index (χ0v) is 10.9. The van der Waals surface area contributed by atoms with Gasteiger partial charge in [-0.15, -0.1) is 0 Å². The molecule has 1 saturated carbocycles. The largest absolute Gasteiger partial charge is 0.355 e. The quantitative estimate of drug-likeness (QED) is 0.497. The second kappa shape index (κ2) is 6.32. The maximum Gasteiger partial charge on any atom is 0.223 e. The molecule has 6 nitrogen and oxygen atoms in total. The molecule has 1 aliphatic carbocycles. The van der Waals surface area contributed by atoms with E-state index >= 15 is 0 Å². The molecular formula is C10H21N3O3S. The predicted molar refractivity (Wildman–Crippen MR) is 65.8 cm³/mol. The third-order valence-corrected chi connectivity index (χ3v) is 4.84. The maximum absolute atomic E-state index is 11.7. The van der Waals surface area contributed by atoms with Crippen molar-refractivity contribution in [3.8, 4) is 0 Å². The second-order valence-corrected chi connectivity index (χ2v) is 6.32. The van der Waals surface area contributed by atoms with Crippen LogP contribution in [0.5, 0.6) is 0 Å². The van der Waals surface area contributed by atoms with Crippen molar-refractivity contribution in [2.24, 2.45) is 11.7 Å². The highest BCUT2D eigenvalue weighted by atomic mass is 32.2. The Kier molecular flexibility index (Phi) is 5.35. The number of amides is 1. The Bertz CT molecular complexity index is 348. The van der Waals surface area contributed by atoms with Crippen LogP contribution in [-0.2, 0) is 14.8 Å². The van der Waals surface area contributed by atoms with Crippen molar-refractivity contribution >= 4 is 15.9 Å². The summed E-state index contributed by atoms with van der Waals surface area (Å²) in [6, 6.07) is 0. The highest BCUT2D eigenvalue weighted by Crippen LogP contribution is 2.28. The lowest BCUT2D eigenvalue weighted by Gasteiger charge is -2.14. The van der Waals surface area contributed by atoms with Crippen LogP contribution in [0, 0.1) is 5.92 Å². The van der Waals surface area contributed by atoms with E-state index in [-0.39, 0.29) is 24.9 Å². The molecule has 17 heavy (non-hydrogen) atoms. The summed E-state index contributed by atoms with van der Waals surface area (Å²) in [7, 11) is -3.35. The van der Waals surface area contributed by atoms with Crippen LogP contribution < -0.4 is 15.8 Å². The molecule has 0 bridgehead atoms. The van der Waals surface area contributed by atoms with Gasteiger partial charge in [-0.25, -0.2) is 13.1 Å². The van der Waals surface area contributed by atoms with Gasteiger partial charge >= 0.3 is 0 Å². The number of hydrogen-bond donors (Lipinski definition) is 3. The van der Waals surface area contributed by atoms with Crippen molar-refractivity contribution in [2.75, 3.05) is 19.6 Å². The molecule has 0 spiro atoms. The lowest BCUT2D eigenvalue weighted by atomic mass is 10.3. The van der Waals surface area contributed by atoms with Gasteiger partial charge in [-0.3, -0.25) is 4.79 Å². The van der Waals surface area contributed by atoms with Gasteiger partial charge in [-0.1, -0.05) is 6.92 Å². The fourth-order valence-electron chi connectivity index (χ4n) is 1.50. The lowest BCUT2D eigenvalue weighted by Crippen LogP contribution is -2.42. The second-order valence-electron chi connectivity index (χ2n) is 4.27. The molecule has 0 heterocycles. The summed E-state index contributed by atoms with van der Waals surface area (Å²) in [5, 5.41) is 2.14. The Morgan fingerprint density at radius 1 is 1.41 bits per heavy atom. The van der Waals surface area contributed by atoms with Crippen molar-refractivity contribution in [3.05, 3.63) is 0 Å². The molecule has 1 atom stereocenters. The topological polar surface area (TPSA) is 101 Å². The van der Waals surface area contributed by atoms with Crippen LogP contribution in [0.4, 0.5) is 0 Å². The Labute approximate surface area is 102 Å². The van der Waals surface area contributed by atoms with Crippen LogP contribution in [0.2, 0.25) is 0 Å². The predicted octanol–water partition coefficient (Wildman–Crippen LogP) is -0.831. The van der Waals surface area contributed by atoms with Gasteiger partial charge in [0.25, 0.3) is 0 Å². The Balaban J connectivity index is 2.22. The average molecular weight is 263 g/mol. The smallest absolute Gasteiger partial charge is 0.223 e. The fourth-order valence-corrected chi connectivity index (χ4v) is 2.81. The number of rotatable bonds is 8. The number of sulfonamides is 1. The summed E-state index contributed by atoms with van der Waals surface area (Å²) in [5.41, 5.74) is 5.38. The van der Waals surface area contributed by atoms with Crippen molar-refractivity contribution in [3.63, 3.8) is 0 Å². The zero-order valence-electron chi connectivity index (χ0n) is 10.1. The van der Waals surface area contributed by atoms with Crippen molar-refractivity contribution in [1.82, 2.24) is 10.0 Å². The molecule has 1 aliphatic rings. The van der Waals surface area contributed by atoms with Gasteiger partial charge in [0.15, 0.2) is 0 Å². The van der Waals surface area contributed by atoms with Gasteiger partial charge in [0.1, 0.15) is 0 Å². The van der Waals surface area contributed by atoms with Crippen LogP contribution in [-0.4, -0.2) is 39.2 Å². The van der Waals surface area contributed by atoms with E-state index in [1.165, 1.54) is 0 Å². The molecule has 1 amide bonds. The summed E-state index contributed by atoms with van der Waals surface area (Å²) in [4.78, 5) is 11.3. The molecule has 7 heteroatoms. The first-order chi connectivity index (χ1) is 8.01. The van der Waals surface area contributed by atoms with Gasteiger partial charge in [0.05, 0.1) is 5.25 Å². The number of carbonyl (C=O) groups is 1. The first-order valence-corrected chi connectivity index (χ1v) is 7.52. The number of nitrogens with two attached hydrogens (primary N) is 1. The van der Waals surface area contributed by atoms with E-state index in [0.717, 1.165) is 12.8 Å².